The highest BCUT2D eigenvalue weighted by atomic mass is 35.5. The topological polar surface area (TPSA) is 36.4 Å². The van der Waals surface area contributed by atoms with Gasteiger partial charge in [0, 0.05) is 41.4 Å². The molecule has 1 fully saturated rings. The number of anilines is 1. The van der Waals surface area contributed by atoms with Gasteiger partial charge < -0.3 is 4.90 Å². The van der Waals surface area contributed by atoms with Crippen LogP contribution in [0.4, 0.5) is 5.69 Å². The first-order valence-electron chi connectivity index (χ1n) is 8.74. The molecule has 4 nitrogen and oxygen atoms in total. The lowest BCUT2D eigenvalue weighted by Gasteiger charge is -2.39. The zero-order valence-corrected chi connectivity index (χ0v) is 15.4. The Kier molecular flexibility index (Phi) is 4.62. The second-order valence-electron chi connectivity index (χ2n) is 6.73. The summed E-state index contributed by atoms with van der Waals surface area (Å²) in [5.41, 5.74) is 3.05. The molecule has 0 bridgehead atoms. The first-order chi connectivity index (χ1) is 12.6. The number of nitrogens with zero attached hydrogens (tertiary/aromatic N) is 3. The van der Waals surface area contributed by atoms with E-state index < -0.39 is 0 Å². The van der Waals surface area contributed by atoms with Gasteiger partial charge in [-0.25, -0.2) is 0 Å². The highest BCUT2D eigenvalue weighted by Gasteiger charge is 2.30. The maximum absolute atomic E-state index is 12.7. The van der Waals surface area contributed by atoms with Crippen molar-refractivity contribution in [2.75, 3.05) is 18.0 Å². The fourth-order valence-corrected chi connectivity index (χ4v) is 3.71. The van der Waals surface area contributed by atoms with Gasteiger partial charge in [-0.15, -0.1) is 0 Å². The van der Waals surface area contributed by atoms with E-state index in [0.717, 1.165) is 23.1 Å². The zero-order valence-electron chi connectivity index (χ0n) is 14.6. The molecule has 1 saturated heterocycles. The number of carbonyl (C=O) groups is 1. The molecule has 1 amide bonds. The predicted octanol–water partition coefficient (Wildman–Crippen LogP) is 4.13. The number of halogens is 1. The van der Waals surface area contributed by atoms with Crippen molar-refractivity contribution in [3.05, 3.63) is 71.4 Å². The van der Waals surface area contributed by atoms with Gasteiger partial charge in [0.05, 0.1) is 12.1 Å². The van der Waals surface area contributed by atoms with Crippen LogP contribution < -0.4 is 4.90 Å². The van der Waals surface area contributed by atoms with Gasteiger partial charge in [-0.3, -0.25) is 14.7 Å². The van der Waals surface area contributed by atoms with E-state index in [4.69, 9.17) is 11.6 Å². The summed E-state index contributed by atoms with van der Waals surface area (Å²) in [6, 6.07) is 17.9. The molecule has 1 aliphatic heterocycles. The third-order valence-corrected chi connectivity index (χ3v) is 5.17. The van der Waals surface area contributed by atoms with Crippen molar-refractivity contribution in [1.82, 2.24) is 9.88 Å². The van der Waals surface area contributed by atoms with E-state index in [9.17, 15) is 4.79 Å². The average molecular weight is 366 g/mol. The van der Waals surface area contributed by atoms with Crippen LogP contribution in [0.2, 0.25) is 5.02 Å². The number of amides is 1. The van der Waals surface area contributed by atoms with E-state index in [-0.39, 0.29) is 11.9 Å². The van der Waals surface area contributed by atoms with Gasteiger partial charge in [-0.2, -0.15) is 0 Å². The molecule has 4 rings (SSSR count). The van der Waals surface area contributed by atoms with E-state index in [2.05, 4.69) is 28.9 Å². The normalized spacial score (nSPS) is 18.5. The van der Waals surface area contributed by atoms with Crippen LogP contribution in [0.5, 0.6) is 0 Å². The number of fused-ring (bicyclic) bond motifs is 1. The number of hydrogen-bond donors (Lipinski definition) is 0. The number of piperazine rings is 1. The summed E-state index contributed by atoms with van der Waals surface area (Å²) in [5, 5.41) is 1.79. The summed E-state index contributed by atoms with van der Waals surface area (Å²) in [4.78, 5) is 21.2. The fraction of sp³-hybridized carbons (Fsp3) is 0.238. The van der Waals surface area contributed by atoms with Gasteiger partial charge >= 0.3 is 0 Å². The number of aromatic nitrogens is 1. The summed E-state index contributed by atoms with van der Waals surface area (Å²) in [6.45, 7) is 3.94. The second kappa shape index (κ2) is 7.06. The molecule has 0 N–H and O–H groups in total. The van der Waals surface area contributed by atoms with E-state index in [1.165, 1.54) is 5.56 Å². The number of benzene rings is 2. The monoisotopic (exact) mass is 365 g/mol. The zero-order chi connectivity index (χ0) is 18.1. The molecule has 5 heteroatoms. The Hall–Kier alpha value is -2.43. The van der Waals surface area contributed by atoms with Crippen molar-refractivity contribution in [2.24, 2.45) is 0 Å². The first-order valence-corrected chi connectivity index (χ1v) is 9.12. The Bertz CT molecular complexity index is 953. The number of carbonyl (C=O) groups excluding carboxylic acids is 1. The third kappa shape index (κ3) is 3.30. The van der Waals surface area contributed by atoms with Gasteiger partial charge in [0.15, 0.2) is 0 Å². The summed E-state index contributed by atoms with van der Waals surface area (Å²) in [5.74, 6) is 0.101. The van der Waals surface area contributed by atoms with Crippen molar-refractivity contribution in [2.45, 2.75) is 19.5 Å². The molecule has 26 heavy (non-hydrogen) atoms. The Morgan fingerprint density at radius 1 is 1.15 bits per heavy atom. The minimum Gasteiger partial charge on any atom is -0.310 e. The van der Waals surface area contributed by atoms with Crippen LogP contribution >= 0.6 is 11.6 Å². The Morgan fingerprint density at radius 3 is 2.85 bits per heavy atom. The molecule has 1 aromatic heterocycles. The van der Waals surface area contributed by atoms with Gasteiger partial charge in [0.2, 0.25) is 5.91 Å². The molecular formula is C21H20ClN3O. The van der Waals surface area contributed by atoms with Crippen LogP contribution in [0.3, 0.4) is 0 Å². The van der Waals surface area contributed by atoms with Crippen LogP contribution in [0.25, 0.3) is 10.9 Å². The predicted molar refractivity (Wildman–Crippen MR) is 105 cm³/mol. The molecule has 1 unspecified atom stereocenters. The average Bonchev–Trinajstić information content (AvgIpc) is 2.65. The summed E-state index contributed by atoms with van der Waals surface area (Å²) in [6.07, 6.45) is 1.81. The van der Waals surface area contributed by atoms with Crippen molar-refractivity contribution >= 4 is 34.1 Å². The molecule has 2 aromatic carbocycles. The van der Waals surface area contributed by atoms with Crippen molar-refractivity contribution in [3.8, 4) is 0 Å². The van der Waals surface area contributed by atoms with E-state index in [1.54, 1.807) is 0 Å². The standard InChI is InChI=1S/C21H20ClN3O/c1-15-12-25(18-7-3-6-17(22)11-18)21(26)14-24(15)13-16-5-2-9-20-19(16)8-4-10-23-20/h2-11,15H,12-14H2,1H3. The number of hydrogen-bond acceptors (Lipinski definition) is 3. The Balaban J connectivity index is 1.55. The third-order valence-electron chi connectivity index (χ3n) is 4.94. The molecule has 3 aromatic rings. The highest BCUT2D eigenvalue weighted by molar-refractivity contribution is 6.30. The number of pyridine rings is 1. The molecule has 1 aliphatic rings. The molecule has 132 valence electrons. The first kappa shape index (κ1) is 17.0. The maximum Gasteiger partial charge on any atom is 0.241 e. The highest BCUT2D eigenvalue weighted by Crippen LogP contribution is 2.25. The van der Waals surface area contributed by atoms with E-state index in [0.29, 0.717) is 18.1 Å². The minimum absolute atomic E-state index is 0.101. The summed E-state index contributed by atoms with van der Waals surface area (Å²) >= 11 is 6.09. The van der Waals surface area contributed by atoms with Crippen molar-refractivity contribution in [3.63, 3.8) is 0 Å². The fourth-order valence-electron chi connectivity index (χ4n) is 3.53. The van der Waals surface area contributed by atoms with Crippen LogP contribution in [0, 0.1) is 0 Å². The summed E-state index contributed by atoms with van der Waals surface area (Å²) in [7, 11) is 0. The Labute approximate surface area is 158 Å². The molecule has 2 heterocycles. The molecule has 0 aliphatic carbocycles. The van der Waals surface area contributed by atoms with Crippen molar-refractivity contribution < 1.29 is 4.79 Å². The van der Waals surface area contributed by atoms with Gasteiger partial charge in [0.25, 0.3) is 0 Å². The SMILES string of the molecule is CC1CN(c2cccc(Cl)c2)C(=O)CN1Cc1cccc2ncccc12. The molecule has 0 radical (unpaired) electrons. The van der Waals surface area contributed by atoms with E-state index >= 15 is 0 Å². The largest absolute Gasteiger partial charge is 0.310 e. The minimum atomic E-state index is 0.101. The Morgan fingerprint density at radius 2 is 2.00 bits per heavy atom. The molecule has 0 saturated carbocycles. The van der Waals surface area contributed by atoms with Crippen LogP contribution in [-0.2, 0) is 11.3 Å². The van der Waals surface area contributed by atoms with Gasteiger partial charge in [-0.05, 0) is 42.8 Å². The van der Waals surface area contributed by atoms with Crippen LogP contribution in [0.15, 0.2) is 60.8 Å². The lowest BCUT2D eigenvalue weighted by Crippen LogP contribution is -2.54. The lowest BCUT2D eigenvalue weighted by atomic mass is 10.1. The quantitative estimate of drug-likeness (QED) is 0.700. The van der Waals surface area contributed by atoms with Crippen LogP contribution in [0.1, 0.15) is 12.5 Å². The van der Waals surface area contributed by atoms with E-state index in [1.807, 2.05) is 53.6 Å². The summed E-state index contributed by atoms with van der Waals surface area (Å²) < 4.78 is 0. The maximum atomic E-state index is 12.7. The number of rotatable bonds is 3. The lowest BCUT2D eigenvalue weighted by molar-refractivity contribution is -0.122. The molecule has 0 spiro atoms. The second-order valence-corrected chi connectivity index (χ2v) is 7.16. The molecule has 1 atom stereocenters. The molecular weight excluding hydrogens is 346 g/mol. The van der Waals surface area contributed by atoms with Gasteiger partial charge in [-0.1, -0.05) is 35.9 Å². The van der Waals surface area contributed by atoms with Crippen LogP contribution in [-0.4, -0.2) is 34.9 Å². The van der Waals surface area contributed by atoms with Gasteiger partial charge in [0.1, 0.15) is 0 Å². The smallest absolute Gasteiger partial charge is 0.241 e. The van der Waals surface area contributed by atoms with Crippen molar-refractivity contribution in [1.29, 1.82) is 0 Å².